The zero-order chi connectivity index (χ0) is 14.1. The molecular formula is C17H36N2. The van der Waals surface area contributed by atoms with Gasteiger partial charge in [-0.05, 0) is 53.2 Å². The Morgan fingerprint density at radius 3 is 2.16 bits per heavy atom. The Balaban J connectivity index is 2.27. The summed E-state index contributed by atoms with van der Waals surface area (Å²) in [6, 6.07) is 0.636. The summed E-state index contributed by atoms with van der Waals surface area (Å²) in [5.41, 5.74) is 0.314. The molecule has 1 aliphatic heterocycles. The molecule has 0 amide bonds. The average molecular weight is 268 g/mol. The highest BCUT2D eigenvalue weighted by Gasteiger charge is 2.35. The lowest BCUT2D eigenvalue weighted by Crippen LogP contribution is -2.56. The summed E-state index contributed by atoms with van der Waals surface area (Å²) in [4.78, 5) is 2.69. The molecule has 114 valence electrons. The molecule has 1 unspecified atom stereocenters. The van der Waals surface area contributed by atoms with Gasteiger partial charge in [-0.2, -0.15) is 0 Å². The molecule has 0 aromatic heterocycles. The molecule has 0 spiro atoms. The monoisotopic (exact) mass is 268 g/mol. The van der Waals surface area contributed by atoms with Gasteiger partial charge in [0.1, 0.15) is 0 Å². The molecule has 1 N–H and O–H groups in total. The van der Waals surface area contributed by atoms with Crippen molar-refractivity contribution in [3.05, 3.63) is 0 Å². The van der Waals surface area contributed by atoms with E-state index in [0.717, 1.165) is 0 Å². The number of nitrogens with zero attached hydrogens (tertiary/aromatic N) is 1. The van der Waals surface area contributed by atoms with Gasteiger partial charge in [-0.15, -0.1) is 0 Å². The Labute approximate surface area is 121 Å². The van der Waals surface area contributed by atoms with Crippen molar-refractivity contribution in [2.24, 2.45) is 0 Å². The van der Waals surface area contributed by atoms with Crippen molar-refractivity contribution in [2.45, 2.75) is 90.1 Å². The number of hydrogen-bond acceptors (Lipinski definition) is 2. The van der Waals surface area contributed by atoms with E-state index >= 15 is 0 Å². The number of nitrogens with one attached hydrogen (secondary N) is 1. The predicted octanol–water partition coefficient (Wildman–Crippen LogP) is 4.20. The maximum Gasteiger partial charge on any atom is 0.0306 e. The van der Waals surface area contributed by atoms with Gasteiger partial charge in [-0.1, -0.05) is 45.4 Å². The van der Waals surface area contributed by atoms with Crippen LogP contribution in [0.5, 0.6) is 0 Å². The molecule has 1 rings (SSSR count). The Kier molecular flexibility index (Phi) is 8.01. The third-order valence-electron chi connectivity index (χ3n) is 4.97. The predicted molar refractivity (Wildman–Crippen MR) is 85.7 cm³/mol. The smallest absolute Gasteiger partial charge is 0.0306 e. The van der Waals surface area contributed by atoms with Crippen LogP contribution in [0.4, 0.5) is 0 Å². The van der Waals surface area contributed by atoms with Gasteiger partial charge in [-0.25, -0.2) is 0 Å². The molecule has 0 radical (unpaired) electrons. The van der Waals surface area contributed by atoms with Gasteiger partial charge in [0.2, 0.25) is 0 Å². The maximum absolute atomic E-state index is 3.58. The average Bonchev–Trinajstić information content (AvgIpc) is 2.92. The molecule has 1 heterocycles. The van der Waals surface area contributed by atoms with E-state index in [9.17, 15) is 0 Å². The highest BCUT2D eigenvalue weighted by molar-refractivity contribution is 4.94. The van der Waals surface area contributed by atoms with Crippen LogP contribution in [0, 0.1) is 0 Å². The highest BCUT2D eigenvalue weighted by atomic mass is 15.2. The van der Waals surface area contributed by atoms with Gasteiger partial charge >= 0.3 is 0 Å². The minimum atomic E-state index is 0.314. The summed E-state index contributed by atoms with van der Waals surface area (Å²) < 4.78 is 0. The zero-order valence-electron chi connectivity index (χ0n) is 13.8. The van der Waals surface area contributed by atoms with Crippen molar-refractivity contribution in [3.8, 4) is 0 Å². The summed E-state index contributed by atoms with van der Waals surface area (Å²) in [6.07, 6.45) is 12.5. The summed E-state index contributed by atoms with van der Waals surface area (Å²) in [5.74, 6) is 0. The molecule has 2 nitrogen and oxygen atoms in total. The number of likely N-dealkylation sites (tertiary alicyclic amines) is 1. The van der Waals surface area contributed by atoms with Crippen molar-refractivity contribution in [1.29, 1.82) is 0 Å². The topological polar surface area (TPSA) is 15.3 Å². The molecule has 1 saturated heterocycles. The van der Waals surface area contributed by atoms with Crippen LogP contribution >= 0.6 is 0 Å². The molecule has 2 heteroatoms. The van der Waals surface area contributed by atoms with E-state index in [1.165, 1.54) is 70.9 Å². The Hall–Kier alpha value is -0.0800. The molecular weight excluding hydrogens is 232 g/mol. The number of rotatable bonds is 10. The highest BCUT2D eigenvalue weighted by Crippen LogP contribution is 2.27. The van der Waals surface area contributed by atoms with Gasteiger partial charge in [0.05, 0.1) is 0 Å². The second-order valence-corrected chi connectivity index (χ2v) is 6.75. The van der Waals surface area contributed by atoms with Crippen molar-refractivity contribution in [1.82, 2.24) is 10.2 Å². The van der Waals surface area contributed by atoms with Crippen LogP contribution in [0.15, 0.2) is 0 Å². The van der Waals surface area contributed by atoms with Crippen LogP contribution in [-0.2, 0) is 0 Å². The van der Waals surface area contributed by atoms with Crippen LogP contribution in [-0.4, -0.2) is 36.6 Å². The summed E-state index contributed by atoms with van der Waals surface area (Å²) in [5, 5.41) is 3.58. The third-order valence-corrected chi connectivity index (χ3v) is 4.97. The van der Waals surface area contributed by atoms with Crippen LogP contribution < -0.4 is 5.32 Å². The molecule has 1 atom stereocenters. The second-order valence-electron chi connectivity index (χ2n) is 6.75. The number of hydrogen-bond donors (Lipinski definition) is 1. The molecule has 0 bridgehead atoms. The van der Waals surface area contributed by atoms with Gasteiger partial charge < -0.3 is 5.32 Å². The summed E-state index contributed by atoms with van der Waals surface area (Å²) in [7, 11) is 2.14. The zero-order valence-corrected chi connectivity index (χ0v) is 13.8. The van der Waals surface area contributed by atoms with Gasteiger partial charge in [0.25, 0.3) is 0 Å². The molecule has 19 heavy (non-hydrogen) atoms. The minimum absolute atomic E-state index is 0.314. The lowest BCUT2D eigenvalue weighted by Gasteiger charge is -2.42. The van der Waals surface area contributed by atoms with E-state index in [0.29, 0.717) is 11.6 Å². The minimum Gasteiger partial charge on any atom is -0.315 e. The SMILES string of the molecule is CCCCCCCCC(NC)C(C)(C)N1CCCC1. The maximum atomic E-state index is 3.58. The van der Waals surface area contributed by atoms with Crippen molar-refractivity contribution in [2.75, 3.05) is 20.1 Å². The van der Waals surface area contributed by atoms with Crippen LogP contribution in [0.3, 0.4) is 0 Å². The molecule has 0 saturated carbocycles. The Morgan fingerprint density at radius 1 is 1.00 bits per heavy atom. The normalized spacial score (nSPS) is 18.9. The van der Waals surface area contributed by atoms with Crippen molar-refractivity contribution in [3.63, 3.8) is 0 Å². The molecule has 0 aromatic rings. The second kappa shape index (κ2) is 8.97. The molecule has 1 aliphatic rings. The van der Waals surface area contributed by atoms with Crippen LogP contribution in [0.2, 0.25) is 0 Å². The quantitative estimate of drug-likeness (QED) is 0.597. The third kappa shape index (κ3) is 5.43. The lowest BCUT2D eigenvalue weighted by molar-refractivity contribution is 0.105. The molecule has 0 aliphatic carbocycles. The van der Waals surface area contributed by atoms with Crippen molar-refractivity contribution < 1.29 is 0 Å². The van der Waals surface area contributed by atoms with Crippen LogP contribution in [0.1, 0.15) is 78.6 Å². The molecule has 1 fully saturated rings. The first-order chi connectivity index (χ1) is 9.12. The standard InChI is InChI=1S/C17H36N2/c1-5-6-7-8-9-10-13-16(18-4)17(2,3)19-14-11-12-15-19/h16,18H,5-15H2,1-4H3. The molecule has 0 aromatic carbocycles. The largest absolute Gasteiger partial charge is 0.315 e. The van der Waals surface area contributed by atoms with E-state index in [2.05, 4.69) is 38.0 Å². The number of likely N-dealkylation sites (N-methyl/N-ethyl adjacent to an activating group) is 1. The Bertz CT molecular complexity index is 219. The van der Waals surface area contributed by atoms with Crippen LogP contribution in [0.25, 0.3) is 0 Å². The van der Waals surface area contributed by atoms with Gasteiger partial charge in [0.15, 0.2) is 0 Å². The first kappa shape index (κ1) is 17.0. The first-order valence-electron chi connectivity index (χ1n) is 8.55. The first-order valence-corrected chi connectivity index (χ1v) is 8.55. The lowest BCUT2D eigenvalue weighted by atomic mass is 9.88. The fourth-order valence-corrected chi connectivity index (χ4v) is 3.49. The summed E-state index contributed by atoms with van der Waals surface area (Å²) in [6.45, 7) is 9.73. The number of unbranched alkanes of at least 4 members (excludes halogenated alkanes) is 5. The fourth-order valence-electron chi connectivity index (χ4n) is 3.49. The van der Waals surface area contributed by atoms with E-state index in [1.54, 1.807) is 0 Å². The van der Waals surface area contributed by atoms with E-state index in [-0.39, 0.29) is 0 Å². The van der Waals surface area contributed by atoms with Gasteiger partial charge in [0, 0.05) is 11.6 Å². The van der Waals surface area contributed by atoms with E-state index in [4.69, 9.17) is 0 Å². The Morgan fingerprint density at radius 2 is 1.58 bits per heavy atom. The fraction of sp³-hybridized carbons (Fsp3) is 1.00. The van der Waals surface area contributed by atoms with Crippen molar-refractivity contribution >= 4 is 0 Å². The van der Waals surface area contributed by atoms with E-state index in [1.807, 2.05) is 0 Å². The van der Waals surface area contributed by atoms with E-state index < -0.39 is 0 Å². The summed E-state index contributed by atoms with van der Waals surface area (Å²) >= 11 is 0. The van der Waals surface area contributed by atoms with Gasteiger partial charge in [-0.3, -0.25) is 4.90 Å².